The minimum atomic E-state index is -0.575. The smallest absolute Gasteiger partial charge is 0.242 e. The van der Waals surface area contributed by atoms with E-state index in [4.69, 9.17) is 23.2 Å². The van der Waals surface area contributed by atoms with Gasteiger partial charge in [0, 0.05) is 35.1 Å². The second-order valence-electron chi connectivity index (χ2n) is 7.42. The second kappa shape index (κ2) is 12.0. The van der Waals surface area contributed by atoms with E-state index in [-0.39, 0.29) is 18.4 Å². The predicted molar refractivity (Wildman–Crippen MR) is 124 cm³/mol. The van der Waals surface area contributed by atoms with Crippen LogP contribution < -0.4 is 5.32 Å². The monoisotopic (exact) mass is 448 g/mol. The average Bonchev–Trinajstić information content (AvgIpc) is 2.73. The Morgan fingerprint density at radius 3 is 2.23 bits per heavy atom. The SMILES string of the molecule is CCCNC(=O)C(CC)N(Cc1c(Cl)cccc1Cl)C(=O)CCc1ccc(C)cc1. The first-order chi connectivity index (χ1) is 14.4. The van der Waals surface area contributed by atoms with Gasteiger partial charge in [-0.3, -0.25) is 9.59 Å². The zero-order valence-corrected chi connectivity index (χ0v) is 19.4. The molecule has 2 aromatic carbocycles. The van der Waals surface area contributed by atoms with Gasteiger partial charge in [-0.15, -0.1) is 0 Å². The lowest BCUT2D eigenvalue weighted by atomic mass is 10.0. The van der Waals surface area contributed by atoms with Crippen molar-refractivity contribution in [1.82, 2.24) is 10.2 Å². The zero-order chi connectivity index (χ0) is 22.1. The van der Waals surface area contributed by atoms with E-state index in [1.54, 1.807) is 23.1 Å². The van der Waals surface area contributed by atoms with Crippen molar-refractivity contribution in [2.24, 2.45) is 0 Å². The van der Waals surface area contributed by atoms with Crippen LogP contribution in [0.4, 0.5) is 0 Å². The number of benzene rings is 2. The summed E-state index contributed by atoms with van der Waals surface area (Å²) in [6.07, 6.45) is 2.26. The molecule has 1 atom stereocenters. The molecular weight excluding hydrogens is 419 g/mol. The highest BCUT2D eigenvalue weighted by molar-refractivity contribution is 6.36. The maximum absolute atomic E-state index is 13.2. The lowest BCUT2D eigenvalue weighted by Gasteiger charge is -2.31. The van der Waals surface area contributed by atoms with Gasteiger partial charge in [0.2, 0.25) is 11.8 Å². The summed E-state index contributed by atoms with van der Waals surface area (Å²) < 4.78 is 0. The van der Waals surface area contributed by atoms with Gasteiger partial charge >= 0.3 is 0 Å². The molecule has 6 heteroatoms. The summed E-state index contributed by atoms with van der Waals surface area (Å²) in [5.74, 6) is -0.240. The van der Waals surface area contributed by atoms with Crippen molar-refractivity contribution < 1.29 is 9.59 Å². The lowest BCUT2D eigenvalue weighted by Crippen LogP contribution is -2.49. The number of nitrogens with one attached hydrogen (secondary N) is 1. The largest absolute Gasteiger partial charge is 0.354 e. The fourth-order valence-corrected chi connectivity index (χ4v) is 3.81. The first-order valence-corrected chi connectivity index (χ1v) is 11.2. The molecule has 1 unspecified atom stereocenters. The molecule has 162 valence electrons. The van der Waals surface area contributed by atoms with Crippen molar-refractivity contribution in [3.8, 4) is 0 Å². The molecule has 2 aromatic rings. The summed E-state index contributed by atoms with van der Waals surface area (Å²) in [7, 11) is 0. The van der Waals surface area contributed by atoms with Gasteiger partial charge in [-0.05, 0) is 43.9 Å². The van der Waals surface area contributed by atoms with Crippen LogP contribution in [0.1, 0.15) is 49.8 Å². The van der Waals surface area contributed by atoms with Gasteiger partial charge < -0.3 is 10.2 Å². The summed E-state index contributed by atoms with van der Waals surface area (Å²) in [5, 5.41) is 3.89. The third-order valence-electron chi connectivity index (χ3n) is 5.07. The third-order valence-corrected chi connectivity index (χ3v) is 5.78. The number of rotatable bonds is 10. The van der Waals surface area contributed by atoms with Crippen LogP contribution in [-0.4, -0.2) is 29.3 Å². The highest BCUT2D eigenvalue weighted by Gasteiger charge is 2.29. The first kappa shape index (κ1) is 24.2. The van der Waals surface area contributed by atoms with Gasteiger partial charge in [-0.2, -0.15) is 0 Å². The molecule has 0 fully saturated rings. The number of nitrogens with zero attached hydrogens (tertiary/aromatic N) is 1. The Morgan fingerprint density at radius 2 is 1.67 bits per heavy atom. The summed E-state index contributed by atoms with van der Waals surface area (Å²) >= 11 is 12.7. The Balaban J connectivity index is 2.25. The normalized spacial score (nSPS) is 11.8. The number of halogens is 2. The number of carbonyl (C=O) groups is 2. The second-order valence-corrected chi connectivity index (χ2v) is 8.24. The molecule has 1 N–H and O–H groups in total. The van der Waals surface area contributed by atoms with Crippen LogP contribution in [-0.2, 0) is 22.6 Å². The maximum atomic E-state index is 13.2. The van der Waals surface area contributed by atoms with E-state index in [1.807, 2.05) is 45.0 Å². The van der Waals surface area contributed by atoms with Crippen molar-refractivity contribution in [1.29, 1.82) is 0 Å². The quantitative estimate of drug-likeness (QED) is 0.516. The van der Waals surface area contributed by atoms with Crippen LogP contribution in [0.25, 0.3) is 0 Å². The molecule has 0 aromatic heterocycles. The van der Waals surface area contributed by atoms with Gasteiger partial charge in [0.1, 0.15) is 6.04 Å². The minimum Gasteiger partial charge on any atom is -0.354 e. The molecule has 0 heterocycles. The van der Waals surface area contributed by atoms with Crippen molar-refractivity contribution in [3.63, 3.8) is 0 Å². The van der Waals surface area contributed by atoms with Crippen LogP contribution in [0, 0.1) is 6.92 Å². The van der Waals surface area contributed by atoms with Crippen molar-refractivity contribution in [3.05, 3.63) is 69.2 Å². The van der Waals surface area contributed by atoms with Gasteiger partial charge in [0.05, 0.1) is 0 Å². The summed E-state index contributed by atoms with van der Waals surface area (Å²) in [5.41, 5.74) is 2.93. The highest BCUT2D eigenvalue weighted by Crippen LogP contribution is 2.27. The van der Waals surface area contributed by atoms with Crippen LogP contribution in [0.3, 0.4) is 0 Å². The summed E-state index contributed by atoms with van der Waals surface area (Å²) in [6, 6.07) is 12.8. The number of carbonyl (C=O) groups excluding carboxylic acids is 2. The molecule has 0 saturated carbocycles. The Bertz CT molecular complexity index is 833. The predicted octanol–water partition coefficient (Wildman–Crippen LogP) is 5.57. The molecule has 0 radical (unpaired) electrons. The lowest BCUT2D eigenvalue weighted by molar-refractivity contribution is -0.141. The fourth-order valence-electron chi connectivity index (χ4n) is 3.29. The molecule has 0 aliphatic heterocycles. The standard InChI is InChI=1S/C24H30Cl2N2O2/c1-4-15-27-24(30)22(5-2)28(16-19-20(25)7-6-8-21(19)26)23(29)14-13-18-11-9-17(3)10-12-18/h6-12,22H,4-5,13-16H2,1-3H3,(H,27,30). The van der Waals surface area contributed by atoms with Gasteiger partial charge in [0.15, 0.2) is 0 Å². The molecule has 4 nitrogen and oxygen atoms in total. The molecule has 0 aliphatic rings. The highest BCUT2D eigenvalue weighted by atomic mass is 35.5. The molecular formula is C24H30Cl2N2O2. The molecule has 0 saturated heterocycles. The minimum absolute atomic E-state index is 0.0925. The van der Waals surface area contributed by atoms with Gasteiger partial charge in [0.25, 0.3) is 0 Å². The summed E-state index contributed by atoms with van der Waals surface area (Å²) in [6.45, 7) is 6.71. The van der Waals surface area contributed by atoms with Gasteiger partial charge in [-0.25, -0.2) is 0 Å². The molecule has 0 bridgehead atoms. The number of hydrogen-bond acceptors (Lipinski definition) is 2. The van der Waals surface area contributed by atoms with Crippen molar-refractivity contribution in [2.45, 2.75) is 59.0 Å². The molecule has 2 rings (SSSR count). The fraction of sp³-hybridized carbons (Fsp3) is 0.417. The van der Waals surface area contributed by atoms with Crippen LogP contribution >= 0.6 is 23.2 Å². The Morgan fingerprint density at radius 1 is 1.03 bits per heavy atom. The number of hydrogen-bond donors (Lipinski definition) is 1. The summed E-state index contributed by atoms with van der Waals surface area (Å²) in [4.78, 5) is 27.6. The molecule has 0 aliphatic carbocycles. The van der Waals surface area contributed by atoms with Crippen molar-refractivity contribution >= 4 is 35.0 Å². The third kappa shape index (κ3) is 6.75. The van der Waals surface area contributed by atoms with E-state index in [2.05, 4.69) is 5.32 Å². The average molecular weight is 449 g/mol. The zero-order valence-electron chi connectivity index (χ0n) is 17.9. The van der Waals surface area contributed by atoms with Crippen molar-refractivity contribution in [2.75, 3.05) is 6.54 Å². The van der Waals surface area contributed by atoms with Gasteiger partial charge in [-0.1, -0.05) is 72.9 Å². The Labute approximate surface area is 189 Å². The first-order valence-electron chi connectivity index (χ1n) is 10.4. The van der Waals surface area contributed by atoms with E-state index in [9.17, 15) is 9.59 Å². The van der Waals surface area contributed by atoms with Crippen LogP contribution in [0.15, 0.2) is 42.5 Å². The molecule has 0 spiro atoms. The number of amides is 2. The topological polar surface area (TPSA) is 49.4 Å². The van der Waals surface area contributed by atoms with E-state index < -0.39 is 6.04 Å². The van der Waals surface area contributed by atoms with E-state index in [0.717, 1.165) is 12.0 Å². The van der Waals surface area contributed by atoms with E-state index >= 15 is 0 Å². The van der Waals surface area contributed by atoms with Crippen LogP contribution in [0.2, 0.25) is 10.0 Å². The Hall–Kier alpha value is -2.04. The Kier molecular flexibility index (Phi) is 9.67. The molecule has 30 heavy (non-hydrogen) atoms. The number of aryl methyl sites for hydroxylation is 2. The maximum Gasteiger partial charge on any atom is 0.242 e. The van der Waals surface area contributed by atoms with Crippen LogP contribution in [0.5, 0.6) is 0 Å². The van der Waals surface area contributed by atoms with E-state index in [1.165, 1.54) is 5.56 Å². The van der Waals surface area contributed by atoms with E-state index in [0.29, 0.717) is 41.4 Å². The molecule has 2 amide bonds.